The number of sulfonamides is 1. The van der Waals surface area contributed by atoms with E-state index in [2.05, 4.69) is 25.6 Å². The van der Waals surface area contributed by atoms with Gasteiger partial charge in [0.1, 0.15) is 0 Å². The fraction of sp³-hybridized carbons (Fsp3) is 0.250. The van der Waals surface area contributed by atoms with Gasteiger partial charge in [-0.05, 0) is 31.5 Å². The van der Waals surface area contributed by atoms with E-state index in [0.29, 0.717) is 5.69 Å². The first-order valence-corrected chi connectivity index (χ1v) is 8.89. The van der Waals surface area contributed by atoms with E-state index in [1.165, 1.54) is 0 Å². The lowest BCUT2D eigenvalue weighted by molar-refractivity contribution is 0.568. The summed E-state index contributed by atoms with van der Waals surface area (Å²) in [6.45, 7) is 3.42. The molecule has 1 heterocycles. The number of benzene rings is 1. The zero-order valence-corrected chi connectivity index (χ0v) is 14.1. The molecule has 0 aliphatic heterocycles. The Morgan fingerprint density at radius 1 is 1.35 bits per heavy atom. The normalized spacial score (nSPS) is 13.3. The van der Waals surface area contributed by atoms with Gasteiger partial charge < -0.3 is 5.73 Å². The van der Waals surface area contributed by atoms with Crippen molar-refractivity contribution in [2.75, 3.05) is 5.73 Å². The highest BCUT2D eigenvalue weighted by Crippen LogP contribution is 2.26. The number of hydrogen-bond donors (Lipinski definition) is 2. The number of nitrogens with two attached hydrogens (primary N) is 1. The van der Waals surface area contributed by atoms with Crippen LogP contribution in [0, 0.1) is 6.92 Å². The van der Waals surface area contributed by atoms with Crippen molar-refractivity contribution in [3.63, 3.8) is 0 Å². The quantitative estimate of drug-likeness (QED) is 0.859. The summed E-state index contributed by atoms with van der Waals surface area (Å²) in [6.07, 6.45) is 0. The number of rotatable bonds is 4. The molecule has 108 valence electrons. The Hall–Kier alpha value is -0.960. The summed E-state index contributed by atoms with van der Waals surface area (Å²) in [4.78, 5) is 3.94. The molecule has 1 aromatic carbocycles. The molecule has 0 saturated heterocycles. The van der Waals surface area contributed by atoms with E-state index < -0.39 is 10.0 Å². The molecule has 0 aliphatic carbocycles. The smallest absolute Gasteiger partial charge is 0.252 e. The van der Waals surface area contributed by atoms with Crippen LogP contribution in [0.25, 0.3) is 0 Å². The van der Waals surface area contributed by atoms with Crippen molar-refractivity contribution in [2.24, 2.45) is 0 Å². The monoisotopic (exact) mass is 375 g/mol. The predicted octanol–water partition coefficient (Wildman–Crippen LogP) is 2.84. The van der Waals surface area contributed by atoms with Gasteiger partial charge in [0.25, 0.3) is 10.0 Å². The molecular weight excluding hydrogens is 362 g/mol. The maximum atomic E-state index is 12.3. The number of halogens is 1. The topological polar surface area (TPSA) is 85.1 Å². The molecule has 0 fully saturated rings. The van der Waals surface area contributed by atoms with Gasteiger partial charge in [-0.15, -0.1) is 0 Å². The molecule has 1 aromatic heterocycles. The Balaban J connectivity index is 2.24. The van der Waals surface area contributed by atoms with Gasteiger partial charge in [-0.2, -0.15) is 0 Å². The van der Waals surface area contributed by atoms with Crippen LogP contribution in [-0.2, 0) is 10.0 Å². The number of nitrogens with one attached hydrogen (secondary N) is 1. The third kappa shape index (κ3) is 3.38. The largest absolute Gasteiger partial charge is 0.375 e. The van der Waals surface area contributed by atoms with Crippen LogP contribution in [0.3, 0.4) is 0 Å². The van der Waals surface area contributed by atoms with Crippen LogP contribution in [0.4, 0.5) is 5.13 Å². The van der Waals surface area contributed by atoms with Crippen molar-refractivity contribution in [2.45, 2.75) is 24.1 Å². The van der Waals surface area contributed by atoms with Crippen molar-refractivity contribution in [1.82, 2.24) is 9.71 Å². The number of thiazole rings is 1. The van der Waals surface area contributed by atoms with Gasteiger partial charge in [0.2, 0.25) is 0 Å². The SMILES string of the molecule is Cc1nc(N)sc1S(=O)(=O)NC(C)c1ccc(Br)cc1. The lowest BCUT2D eigenvalue weighted by Gasteiger charge is -2.14. The van der Waals surface area contributed by atoms with Crippen LogP contribution in [0.15, 0.2) is 32.9 Å². The van der Waals surface area contributed by atoms with Crippen molar-refractivity contribution in [3.05, 3.63) is 40.0 Å². The van der Waals surface area contributed by atoms with Crippen LogP contribution in [0.2, 0.25) is 0 Å². The number of nitrogen functional groups attached to an aromatic ring is 1. The van der Waals surface area contributed by atoms with Gasteiger partial charge >= 0.3 is 0 Å². The summed E-state index contributed by atoms with van der Waals surface area (Å²) in [5.74, 6) is 0. The van der Waals surface area contributed by atoms with Crippen molar-refractivity contribution in [1.29, 1.82) is 0 Å². The molecule has 1 atom stereocenters. The minimum Gasteiger partial charge on any atom is -0.375 e. The van der Waals surface area contributed by atoms with Gasteiger partial charge in [-0.1, -0.05) is 39.4 Å². The molecule has 0 spiro atoms. The number of hydrogen-bond acceptors (Lipinski definition) is 5. The first-order valence-electron chi connectivity index (χ1n) is 5.80. The van der Waals surface area contributed by atoms with E-state index in [1.807, 2.05) is 24.3 Å². The highest BCUT2D eigenvalue weighted by atomic mass is 79.9. The Morgan fingerprint density at radius 2 is 1.95 bits per heavy atom. The van der Waals surface area contributed by atoms with Crippen LogP contribution >= 0.6 is 27.3 Å². The molecule has 8 heteroatoms. The first kappa shape index (κ1) is 15.4. The molecule has 0 radical (unpaired) electrons. The van der Waals surface area contributed by atoms with Gasteiger partial charge in [-0.25, -0.2) is 18.1 Å². The van der Waals surface area contributed by atoms with E-state index in [0.717, 1.165) is 21.4 Å². The fourth-order valence-electron chi connectivity index (χ4n) is 1.76. The Morgan fingerprint density at radius 3 is 2.45 bits per heavy atom. The van der Waals surface area contributed by atoms with E-state index in [4.69, 9.17) is 5.73 Å². The highest BCUT2D eigenvalue weighted by molar-refractivity contribution is 9.10. The second kappa shape index (κ2) is 5.80. The van der Waals surface area contributed by atoms with E-state index >= 15 is 0 Å². The van der Waals surface area contributed by atoms with Crippen LogP contribution in [0.5, 0.6) is 0 Å². The molecule has 3 N–H and O–H groups in total. The molecule has 20 heavy (non-hydrogen) atoms. The maximum absolute atomic E-state index is 12.3. The predicted molar refractivity (Wildman–Crippen MR) is 84.1 cm³/mol. The summed E-state index contributed by atoms with van der Waals surface area (Å²) in [7, 11) is -3.61. The lowest BCUT2D eigenvalue weighted by atomic mass is 10.1. The average molecular weight is 376 g/mol. The molecule has 0 amide bonds. The zero-order chi connectivity index (χ0) is 14.9. The Labute approximate surface area is 130 Å². The molecule has 1 unspecified atom stereocenters. The highest BCUT2D eigenvalue weighted by Gasteiger charge is 2.23. The van der Waals surface area contributed by atoms with Crippen LogP contribution < -0.4 is 10.5 Å². The minimum atomic E-state index is -3.61. The standard InChI is InChI=1S/C12H14BrN3O2S2/c1-7(9-3-5-10(13)6-4-9)16-20(17,18)11-8(2)15-12(14)19-11/h3-7,16H,1-2H3,(H2,14,15). The summed E-state index contributed by atoms with van der Waals surface area (Å²) in [5.41, 5.74) is 6.85. The van der Waals surface area contributed by atoms with Crippen LogP contribution in [-0.4, -0.2) is 13.4 Å². The minimum absolute atomic E-state index is 0.166. The lowest BCUT2D eigenvalue weighted by Crippen LogP contribution is -2.26. The van der Waals surface area contributed by atoms with Gasteiger partial charge in [0, 0.05) is 10.5 Å². The second-order valence-corrected chi connectivity index (χ2v) is 8.18. The molecule has 2 rings (SSSR count). The maximum Gasteiger partial charge on any atom is 0.252 e. The molecule has 0 aliphatic rings. The zero-order valence-electron chi connectivity index (χ0n) is 10.9. The van der Waals surface area contributed by atoms with Crippen LogP contribution in [0.1, 0.15) is 24.2 Å². The average Bonchev–Trinajstić information content (AvgIpc) is 2.69. The van der Waals surface area contributed by atoms with E-state index in [-0.39, 0.29) is 15.4 Å². The van der Waals surface area contributed by atoms with Gasteiger partial charge in [0.05, 0.1) is 5.69 Å². The molecular formula is C12H14BrN3O2S2. The summed E-state index contributed by atoms with van der Waals surface area (Å²) in [6, 6.07) is 7.14. The first-order chi connectivity index (χ1) is 9.29. The Kier molecular flexibility index (Phi) is 4.48. The van der Waals surface area contributed by atoms with E-state index in [9.17, 15) is 8.42 Å². The molecule has 5 nitrogen and oxygen atoms in total. The second-order valence-electron chi connectivity index (χ2n) is 4.32. The molecule has 0 bridgehead atoms. The van der Waals surface area contributed by atoms with Crippen molar-refractivity contribution < 1.29 is 8.42 Å². The third-order valence-electron chi connectivity index (χ3n) is 2.72. The van der Waals surface area contributed by atoms with Crippen molar-refractivity contribution >= 4 is 42.4 Å². The third-order valence-corrected chi connectivity index (χ3v) is 6.38. The number of nitrogens with zero attached hydrogens (tertiary/aromatic N) is 1. The number of anilines is 1. The Bertz CT molecular complexity index is 711. The summed E-state index contributed by atoms with van der Waals surface area (Å²) in [5, 5.41) is 0.249. The van der Waals surface area contributed by atoms with Gasteiger partial charge in [-0.3, -0.25) is 0 Å². The van der Waals surface area contributed by atoms with Crippen molar-refractivity contribution in [3.8, 4) is 0 Å². The van der Waals surface area contributed by atoms with E-state index in [1.54, 1.807) is 13.8 Å². The molecule has 2 aromatic rings. The summed E-state index contributed by atoms with van der Waals surface area (Å²) >= 11 is 4.32. The fourth-order valence-corrected chi connectivity index (χ4v) is 4.57. The molecule has 0 saturated carbocycles. The number of aromatic nitrogens is 1. The van der Waals surface area contributed by atoms with Gasteiger partial charge in [0.15, 0.2) is 9.34 Å². The number of aryl methyl sites for hydroxylation is 1. The summed E-state index contributed by atoms with van der Waals surface area (Å²) < 4.78 is 28.4.